The summed E-state index contributed by atoms with van der Waals surface area (Å²) < 4.78 is 18.1. The van der Waals surface area contributed by atoms with Gasteiger partial charge in [0.25, 0.3) is 5.91 Å². The summed E-state index contributed by atoms with van der Waals surface area (Å²) in [5.41, 5.74) is 0.798. The predicted octanol–water partition coefficient (Wildman–Crippen LogP) is 1.61. The lowest BCUT2D eigenvalue weighted by molar-refractivity contribution is 0.0948. The first-order chi connectivity index (χ1) is 9.04. The molecule has 0 fully saturated rings. The van der Waals surface area contributed by atoms with Gasteiger partial charge in [0.15, 0.2) is 0 Å². The Hall–Kier alpha value is -2.11. The summed E-state index contributed by atoms with van der Waals surface area (Å²) in [5.74, 6) is -1.08. The van der Waals surface area contributed by atoms with Gasteiger partial charge in [-0.2, -0.15) is 0 Å². The molecule has 0 heterocycles. The molecule has 0 aromatic heterocycles. The standard InChI is InChI=1S/C13H17FN2O3/c1-3-19-13(18)16-7-6-15-12(17)10-8-9(2)4-5-11(10)14/h4-5,8H,3,6-7H2,1-2H3,(H,15,17)(H,16,18). The van der Waals surface area contributed by atoms with Crippen LogP contribution in [0, 0.1) is 12.7 Å². The van der Waals surface area contributed by atoms with Gasteiger partial charge in [0.1, 0.15) is 5.82 Å². The number of halogens is 1. The number of carbonyl (C=O) groups excluding carboxylic acids is 2. The van der Waals surface area contributed by atoms with Gasteiger partial charge in [0.2, 0.25) is 0 Å². The first kappa shape index (κ1) is 14.9. The molecule has 0 saturated heterocycles. The van der Waals surface area contributed by atoms with Crippen molar-refractivity contribution in [3.05, 3.63) is 35.1 Å². The predicted molar refractivity (Wildman–Crippen MR) is 68.5 cm³/mol. The summed E-state index contributed by atoms with van der Waals surface area (Å²) in [6.07, 6.45) is -0.543. The van der Waals surface area contributed by atoms with Gasteiger partial charge in [-0.3, -0.25) is 4.79 Å². The maximum Gasteiger partial charge on any atom is 0.407 e. The van der Waals surface area contributed by atoms with E-state index in [4.69, 9.17) is 0 Å². The minimum Gasteiger partial charge on any atom is -0.450 e. The number of nitrogens with one attached hydrogen (secondary N) is 2. The van der Waals surface area contributed by atoms with Crippen molar-refractivity contribution in [3.63, 3.8) is 0 Å². The van der Waals surface area contributed by atoms with Gasteiger partial charge in [-0.25, -0.2) is 9.18 Å². The Morgan fingerprint density at radius 3 is 2.63 bits per heavy atom. The molecule has 2 amide bonds. The van der Waals surface area contributed by atoms with E-state index in [1.54, 1.807) is 19.9 Å². The summed E-state index contributed by atoms with van der Waals surface area (Å²) in [4.78, 5) is 22.6. The second-order valence-electron chi connectivity index (χ2n) is 3.89. The number of carbonyl (C=O) groups is 2. The number of aryl methyl sites for hydroxylation is 1. The van der Waals surface area contributed by atoms with E-state index in [9.17, 15) is 14.0 Å². The van der Waals surface area contributed by atoms with E-state index in [1.807, 2.05) is 0 Å². The lowest BCUT2D eigenvalue weighted by Gasteiger charge is -2.08. The summed E-state index contributed by atoms with van der Waals surface area (Å²) in [5, 5.41) is 4.96. The Balaban J connectivity index is 2.39. The molecule has 0 bridgehead atoms. The number of ether oxygens (including phenoxy) is 1. The highest BCUT2D eigenvalue weighted by Gasteiger charge is 2.11. The fourth-order valence-electron chi connectivity index (χ4n) is 1.43. The molecule has 0 aliphatic heterocycles. The maximum atomic E-state index is 13.4. The van der Waals surface area contributed by atoms with Crippen LogP contribution in [0.1, 0.15) is 22.8 Å². The molecule has 0 spiro atoms. The summed E-state index contributed by atoms with van der Waals surface area (Å²) >= 11 is 0. The number of rotatable bonds is 5. The van der Waals surface area contributed by atoms with E-state index in [2.05, 4.69) is 15.4 Å². The van der Waals surface area contributed by atoms with Crippen LogP contribution in [-0.4, -0.2) is 31.7 Å². The Labute approximate surface area is 111 Å². The Bertz CT molecular complexity index is 463. The molecule has 0 radical (unpaired) electrons. The molecule has 6 heteroatoms. The zero-order valence-corrected chi connectivity index (χ0v) is 11.0. The molecule has 2 N–H and O–H groups in total. The first-order valence-electron chi connectivity index (χ1n) is 5.99. The number of hydrogen-bond acceptors (Lipinski definition) is 3. The molecule has 0 aliphatic carbocycles. The maximum absolute atomic E-state index is 13.4. The fraction of sp³-hybridized carbons (Fsp3) is 0.385. The van der Waals surface area contributed by atoms with Gasteiger partial charge in [-0.15, -0.1) is 0 Å². The van der Waals surface area contributed by atoms with Crippen LogP contribution in [0.15, 0.2) is 18.2 Å². The third-order valence-corrected chi connectivity index (χ3v) is 2.32. The van der Waals surface area contributed by atoms with Crippen LogP contribution in [0.25, 0.3) is 0 Å². The van der Waals surface area contributed by atoms with Gasteiger partial charge in [-0.05, 0) is 26.0 Å². The van der Waals surface area contributed by atoms with Crippen molar-refractivity contribution in [1.82, 2.24) is 10.6 Å². The average Bonchev–Trinajstić information content (AvgIpc) is 2.37. The van der Waals surface area contributed by atoms with Gasteiger partial charge in [0.05, 0.1) is 12.2 Å². The van der Waals surface area contributed by atoms with Gasteiger partial charge in [-0.1, -0.05) is 11.6 Å². The van der Waals surface area contributed by atoms with E-state index in [-0.39, 0.29) is 25.3 Å². The number of hydrogen-bond donors (Lipinski definition) is 2. The van der Waals surface area contributed by atoms with Crippen molar-refractivity contribution < 1.29 is 18.7 Å². The zero-order chi connectivity index (χ0) is 14.3. The highest BCUT2D eigenvalue weighted by molar-refractivity contribution is 5.94. The Morgan fingerprint density at radius 1 is 1.26 bits per heavy atom. The Kier molecular flexibility index (Phi) is 5.78. The lowest BCUT2D eigenvalue weighted by Crippen LogP contribution is -2.35. The minimum absolute atomic E-state index is 0.00358. The number of benzene rings is 1. The van der Waals surface area contributed by atoms with Crippen molar-refractivity contribution >= 4 is 12.0 Å². The van der Waals surface area contributed by atoms with Gasteiger partial charge in [0, 0.05) is 13.1 Å². The zero-order valence-electron chi connectivity index (χ0n) is 11.0. The molecule has 5 nitrogen and oxygen atoms in total. The monoisotopic (exact) mass is 268 g/mol. The first-order valence-corrected chi connectivity index (χ1v) is 5.99. The van der Waals surface area contributed by atoms with Crippen LogP contribution in [0.4, 0.5) is 9.18 Å². The van der Waals surface area contributed by atoms with Crippen molar-refractivity contribution in [1.29, 1.82) is 0 Å². The molecule has 1 rings (SSSR count). The van der Waals surface area contributed by atoms with Crippen LogP contribution < -0.4 is 10.6 Å². The van der Waals surface area contributed by atoms with Gasteiger partial charge < -0.3 is 15.4 Å². The fourth-order valence-corrected chi connectivity index (χ4v) is 1.43. The largest absolute Gasteiger partial charge is 0.450 e. The molecule has 1 aromatic carbocycles. The third kappa shape index (κ3) is 4.95. The molecule has 104 valence electrons. The summed E-state index contributed by atoms with van der Waals surface area (Å²) in [7, 11) is 0. The van der Waals surface area contributed by atoms with Crippen LogP contribution in [-0.2, 0) is 4.74 Å². The molecule has 0 aliphatic rings. The Morgan fingerprint density at radius 2 is 1.95 bits per heavy atom. The second-order valence-corrected chi connectivity index (χ2v) is 3.89. The van der Waals surface area contributed by atoms with Crippen molar-refractivity contribution in [3.8, 4) is 0 Å². The van der Waals surface area contributed by atoms with Crippen LogP contribution >= 0.6 is 0 Å². The molecule has 19 heavy (non-hydrogen) atoms. The highest BCUT2D eigenvalue weighted by Crippen LogP contribution is 2.09. The van der Waals surface area contributed by atoms with Gasteiger partial charge >= 0.3 is 6.09 Å². The average molecular weight is 268 g/mol. The number of alkyl carbamates (subject to hydrolysis) is 1. The summed E-state index contributed by atoms with van der Waals surface area (Å²) in [6, 6.07) is 4.32. The topological polar surface area (TPSA) is 67.4 Å². The number of amides is 2. The normalized spacial score (nSPS) is 9.84. The molecule has 0 saturated carbocycles. The van der Waals surface area contributed by atoms with E-state index in [0.29, 0.717) is 0 Å². The highest BCUT2D eigenvalue weighted by atomic mass is 19.1. The smallest absolute Gasteiger partial charge is 0.407 e. The quantitative estimate of drug-likeness (QED) is 0.797. The van der Waals surface area contributed by atoms with E-state index in [0.717, 1.165) is 5.56 Å². The molecular formula is C13H17FN2O3. The van der Waals surface area contributed by atoms with E-state index >= 15 is 0 Å². The van der Waals surface area contributed by atoms with Crippen molar-refractivity contribution in [2.75, 3.05) is 19.7 Å². The minimum atomic E-state index is -0.568. The van der Waals surface area contributed by atoms with Crippen LogP contribution in [0.5, 0.6) is 0 Å². The van der Waals surface area contributed by atoms with E-state index < -0.39 is 17.8 Å². The van der Waals surface area contributed by atoms with Crippen LogP contribution in [0.2, 0.25) is 0 Å². The molecule has 0 unspecified atom stereocenters. The third-order valence-electron chi connectivity index (χ3n) is 2.32. The van der Waals surface area contributed by atoms with Crippen molar-refractivity contribution in [2.24, 2.45) is 0 Å². The SMILES string of the molecule is CCOC(=O)NCCNC(=O)c1cc(C)ccc1F. The van der Waals surface area contributed by atoms with E-state index in [1.165, 1.54) is 12.1 Å². The second kappa shape index (κ2) is 7.35. The molecular weight excluding hydrogens is 251 g/mol. The van der Waals surface area contributed by atoms with Crippen molar-refractivity contribution in [2.45, 2.75) is 13.8 Å². The molecule has 1 aromatic rings. The molecule has 0 atom stereocenters. The lowest BCUT2D eigenvalue weighted by atomic mass is 10.1. The van der Waals surface area contributed by atoms with Crippen LogP contribution in [0.3, 0.4) is 0 Å². The summed E-state index contributed by atoms with van der Waals surface area (Å²) in [6.45, 7) is 4.18.